The Morgan fingerprint density at radius 1 is 1.22 bits per heavy atom. The molecule has 1 amide bonds. The zero-order chi connectivity index (χ0) is 20.0. The van der Waals surface area contributed by atoms with E-state index in [0.717, 1.165) is 12.1 Å². The van der Waals surface area contributed by atoms with E-state index in [9.17, 15) is 13.2 Å². The number of hydrogen-bond acceptors (Lipinski definition) is 5. The van der Waals surface area contributed by atoms with Crippen molar-refractivity contribution in [3.8, 4) is 0 Å². The third-order valence-corrected chi connectivity index (χ3v) is 6.94. The molecule has 0 aliphatic carbocycles. The van der Waals surface area contributed by atoms with Gasteiger partial charge in [-0.3, -0.25) is 4.79 Å². The fraction of sp³-hybridized carbons (Fsp3) is 0.632. The lowest BCUT2D eigenvalue weighted by molar-refractivity contribution is 0.0937. The van der Waals surface area contributed by atoms with Gasteiger partial charge in [0.2, 0.25) is 10.0 Å². The van der Waals surface area contributed by atoms with E-state index in [1.807, 2.05) is 13.8 Å². The van der Waals surface area contributed by atoms with Gasteiger partial charge in [-0.25, -0.2) is 8.42 Å². The monoisotopic (exact) mass is 397 g/mol. The molecule has 0 radical (unpaired) electrons. The van der Waals surface area contributed by atoms with Gasteiger partial charge in [0.25, 0.3) is 5.91 Å². The van der Waals surface area contributed by atoms with E-state index >= 15 is 0 Å². The van der Waals surface area contributed by atoms with Gasteiger partial charge in [-0.2, -0.15) is 4.31 Å². The topological polar surface area (TPSA) is 79.0 Å². The van der Waals surface area contributed by atoms with Crippen molar-refractivity contribution in [1.29, 1.82) is 0 Å². The Morgan fingerprint density at radius 3 is 2.41 bits per heavy atom. The number of sulfonamides is 1. The van der Waals surface area contributed by atoms with Crippen LogP contribution in [0.1, 0.15) is 44.5 Å². The van der Waals surface area contributed by atoms with E-state index in [1.165, 1.54) is 10.4 Å². The first-order chi connectivity index (χ1) is 12.8. The Labute approximate surface area is 162 Å². The first kappa shape index (κ1) is 21.7. The van der Waals surface area contributed by atoms with Crippen molar-refractivity contribution in [2.45, 2.75) is 45.1 Å². The quantitative estimate of drug-likeness (QED) is 0.727. The van der Waals surface area contributed by atoms with Crippen LogP contribution in [0.3, 0.4) is 0 Å². The molecule has 152 valence electrons. The molecule has 1 aromatic rings. The summed E-state index contributed by atoms with van der Waals surface area (Å²) in [5.74, 6) is -0.248. The first-order valence-electron chi connectivity index (χ1n) is 9.62. The second-order valence-electron chi connectivity index (χ2n) is 6.65. The highest BCUT2D eigenvalue weighted by Gasteiger charge is 2.26. The number of hydrogen-bond donors (Lipinski definition) is 1. The van der Waals surface area contributed by atoms with Gasteiger partial charge in [0.05, 0.1) is 23.7 Å². The lowest BCUT2D eigenvalue weighted by Crippen LogP contribution is -2.39. The van der Waals surface area contributed by atoms with Crippen LogP contribution >= 0.6 is 0 Å². The minimum absolute atomic E-state index is 0.0121. The fourth-order valence-electron chi connectivity index (χ4n) is 3.05. The standard InChI is InChI=1S/C19H31N3O4S/c1-5-15(4)20-19(23)17-14-16(27(24,25)22(6-2)7-3)8-9-18(17)21-10-12-26-13-11-21/h8-9,14-15H,5-7,10-13H2,1-4H3,(H,20,23). The number of morpholine rings is 1. The summed E-state index contributed by atoms with van der Waals surface area (Å²) in [5, 5.41) is 2.96. The number of amides is 1. The highest BCUT2D eigenvalue weighted by molar-refractivity contribution is 7.89. The Hall–Kier alpha value is -1.64. The normalized spacial score (nSPS) is 16.4. The van der Waals surface area contributed by atoms with Crippen LogP contribution in [0.25, 0.3) is 0 Å². The minimum Gasteiger partial charge on any atom is -0.378 e. The molecular weight excluding hydrogens is 366 g/mol. The second kappa shape index (κ2) is 9.52. The Morgan fingerprint density at radius 2 is 1.85 bits per heavy atom. The molecule has 8 heteroatoms. The van der Waals surface area contributed by atoms with Crippen molar-refractivity contribution in [2.75, 3.05) is 44.3 Å². The summed E-state index contributed by atoms with van der Waals surface area (Å²) in [6, 6.07) is 4.86. The van der Waals surface area contributed by atoms with Gasteiger partial charge in [-0.05, 0) is 31.5 Å². The van der Waals surface area contributed by atoms with Crippen LogP contribution in [0, 0.1) is 0 Å². The largest absolute Gasteiger partial charge is 0.378 e. The average molecular weight is 398 g/mol. The smallest absolute Gasteiger partial charge is 0.253 e. The highest BCUT2D eigenvalue weighted by Crippen LogP contribution is 2.27. The SMILES string of the molecule is CCC(C)NC(=O)c1cc(S(=O)(=O)N(CC)CC)ccc1N1CCOCC1. The van der Waals surface area contributed by atoms with E-state index in [4.69, 9.17) is 4.74 Å². The summed E-state index contributed by atoms with van der Waals surface area (Å²) in [6.07, 6.45) is 0.802. The van der Waals surface area contributed by atoms with Crippen LogP contribution in [0.5, 0.6) is 0 Å². The zero-order valence-corrected chi connectivity index (χ0v) is 17.5. The second-order valence-corrected chi connectivity index (χ2v) is 8.59. The van der Waals surface area contributed by atoms with Gasteiger partial charge >= 0.3 is 0 Å². The summed E-state index contributed by atoms with van der Waals surface area (Å²) < 4.78 is 32.6. The maximum Gasteiger partial charge on any atom is 0.253 e. The van der Waals surface area contributed by atoms with Gasteiger partial charge in [0.1, 0.15) is 0 Å². The van der Waals surface area contributed by atoms with Crippen LogP contribution in [-0.2, 0) is 14.8 Å². The number of carbonyl (C=O) groups is 1. The predicted octanol–water partition coefficient (Wildman–Crippen LogP) is 2.08. The van der Waals surface area contributed by atoms with E-state index < -0.39 is 10.0 Å². The maximum atomic E-state index is 12.9. The van der Waals surface area contributed by atoms with Crippen molar-refractivity contribution in [3.05, 3.63) is 23.8 Å². The Balaban J connectivity index is 2.48. The number of nitrogens with one attached hydrogen (secondary N) is 1. The summed E-state index contributed by atoms with van der Waals surface area (Å²) in [6.45, 7) is 10.8. The molecule has 1 aliphatic heterocycles. The van der Waals surface area contributed by atoms with Gasteiger partial charge in [-0.15, -0.1) is 0 Å². The molecule has 0 aromatic heterocycles. The van der Waals surface area contributed by atoms with Crippen LogP contribution in [0.15, 0.2) is 23.1 Å². The van der Waals surface area contributed by atoms with Crippen molar-refractivity contribution >= 4 is 21.6 Å². The molecule has 1 aromatic carbocycles. The van der Waals surface area contributed by atoms with Crippen LogP contribution in [-0.4, -0.2) is 64.1 Å². The molecule has 1 heterocycles. The Kier molecular flexibility index (Phi) is 7.64. The maximum absolute atomic E-state index is 12.9. The number of benzene rings is 1. The third kappa shape index (κ3) is 5.00. The zero-order valence-electron chi connectivity index (χ0n) is 16.7. The number of rotatable bonds is 8. The van der Waals surface area contributed by atoms with Gasteiger partial charge in [-0.1, -0.05) is 20.8 Å². The lowest BCUT2D eigenvalue weighted by Gasteiger charge is -2.31. The number of nitrogens with zero attached hydrogens (tertiary/aromatic N) is 2. The number of ether oxygens (including phenoxy) is 1. The molecule has 2 rings (SSSR count). The number of anilines is 1. The molecule has 0 saturated carbocycles. The van der Waals surface area contributed by atoms with Crippen molar-refractivity contribution < 1.29 is 17.9 Å². The molecule has 0 spiro atoms. The molecule has 1 atom stereocenters. The van der Waals surface area contributed by atoms with Crippen molar-refractivity contribution in [1.82, 2.24) is 9.62 Å². The Bertz CT molecular complexity index is 741. The molecule has 1 fully saturated rings. The molecule has 1 saturated heterocycles. The summed E-state index contributed by atoms with van der Waals surface area (Å²) in [5.41, 5.74) is 1.14. The van der Waals surface area contributed by atoms with Crippen LogP contribution in [0.4, 0.5) is 5.69 Å². The molecule has 7 nitrogen and oxygen atoms in total. The van der Waals surface area contributed by atoms with Crippen LogP contribution in [0.2, 0.25) is 0 Å². The third-order valence-electron chi connectivity index (χ3n) is 4.90. The lowest BCUT2D eigenvalue weighted by atomic mass is 10.1. The molecule has 1 aliphatic rings. The molecule has 0 bridgehead atoms. The fourth-order valence-corrected chi connectivity index (χ4v) is 4.54. The summed E-state index contributed by atoms with van der Waals surface area (Å²) >= 11 is 0. The van der Waals surface area contributed by atoms with Crippen LogP contribution < -0.4 is 10.2 Å². The highest BCUT2D eigenvalue weighted by atomic mass is 32.2. The first-order valence-corrected chi connectivity index (χ1v) is 11.1. The average Bonchev–Trinajstić information content (AvgIpc) is 2.68. The molecule has 27 heavy (non-hydrogen) atoms. The molecule has 1 unspecified atom stereocenters. The molecular formula is C19H31N3O4S. The van der Waals surface area contributed by atoms with E-state index in [1.54, 1.807) is 26.0 Å². The molecule has 1 N–H and O–H groups in total. The predicted molar refractivity (Wildman–Crippen MR) is 107 cm³/mol. The van der Waals surface area contributed by atoms with Gasteiger partial charge < -0.3 is 15.0 Å². The summed E-state index contributed by atoms with van der Waals surface area (Å²) in [7, 11) is -3.63. The summed E-state index contributed by atoms with van der Waals surface area (Å²) in [4.78, 5) is 15.1. The van der Waals surface area contributed by atoms with E-state index in [0.29, 0.717) is 45.0 Å². The minimum atomic E-state index is -3.63. The van der Waals surface area contributed by atoms with Gasteiger partial charge in [0.15, 0.2) is 0 Å². The van der Waals surface area contributed by atoms with Crippen molar-refractivity contribution in [3.63, 3.8) is 0 Å². The van der Waals surface area contributed by atoms with Crippen molar-refractivity contribution in [2.24, 2.45) is 0 Å². The van der Waals surface area contributed by atoms with Gasteiger partial charge in [0, 0.05) is 37.9 Å². The van der Waals surface area contributed by atoms with E-state index in [2.05, 4.69) is 10.2 Å². The number of carbonyl (C=O) groups excluding carboxylic acids is 1. The van der Waals surface area contributed by atoms with E-state index in [-0.39, 0.29) is 16.8 Å².